The molecule has 33 heavy (non-hydrogen) atoms. The predicted molar refractivity (Wildman–Crippen MR) is 128 cm³/mol. The number of nitrogens with zero attached hydrogens (tertiary/aromatic N) is 5. The van der Waals surface area contributed by atoms with Crippen LogP contribution in [0.15, 0.2) is 53.7 Å². The maximum Gasteiger partial charge on any atom is 0.271 e. The smallest absolute Gasteiger partial charge is 0.271 e. The molecule has 0 unspecified atom stereocenters. The SMILES string of the molecule is Cc1ccc([N+](=O)[O-])cc1NC(=O)CSc1nnc(CN2CCCCC2)n1-c1ccccc1. The summed E-state index contributed by atoms with van der Waals surface area (Å²) in [6.07, 6.45) is 3.65. The molecule has 1 saturated heterocycles. The normalized spacial score (nSPS) is 14.2. The Balaban J connectivity index is 1.49. The number of likely N-dealkylation sites (tertiary alicyclic amines) is 1. The number of para-hydroxylation sites is 1. The fourth-order valence-electron chi connectivity index (χ4n) is 3.82. The number of nitro groups is 1. The Bertz CT molecular complexity index is 1130. The molecule has 172 valence electrons. The summed E-state index contributed by atoms with van der Waals surface area (Å²) in [5, 5.41) is 23.3. The van der Waals surface area contributed by atoms with Crippen LogP contribution in [-0.4, -0.2) is 49.3 Å². The minimum absolute atomic E-state index is 0.0604. The van der Waals surface area contributed by atoms with Crippen LogP contribution in [0.1, 0.15) is 30.7 Å². The highest BCUT2D eigenvalue weighted by molar-refractivity contribution is 7.99. The predicted octanol–water partition coefficient (Wildman–Crippen LogP) is 4.20. The number of nitrogens with one attached hydrogen (secondary N) is 1. The number of hydrogen-bond acceptors (Lipinski definition) is 7. The topological polar surface area (TPSA) is 106 Å². The van der Waals surface area contributed by atoms with Crippen molar-refractivity contribution in [1.82, 2.24) is 19.7 Å². The third-order valence-corrected chi connectivity index (χ3v) is 6.50. The highest BCUT2D eigenvalue weighted by atomic mass is 32.2. The molecule has 0 atom stereocenters. The van der Waals surface area contributed by atoms with Gasteiger partial charge in [0, 0.05) is 17.8 Å². The van der Waals surface area contributed by atoms with Crippen LogP contribution >= 0.6 is 11.8 Å². The number of amides is 1. The van der Waals surface area contributed by atoms with E-state index in [-0.39, 0.29) is 17.3 Å². The van der Waals surface area contributed by atoms with E-state index in [0.29, 0.717) is 17.4 Å². The minimum Gasteiger partial charge on any atom is -0.325 e. The molecule has 2 aromatic carbocycles. The van der Waals surface area contributed by atoms with Crippen LogP contribution in [0.3, 0.4) is 0 Å². The van der Waals surface area contributed by atoms with Crippen LogP contribution in [0.25, 0.3) is 5.69 Å². The lowest BCUT2D eigenvalue weighted by molar-refractivity contribution is -0.384. The number of hydrogen-bond donors (Lipinski definition) is 1. The zero-order valence-electron chi connectivity index (χ0n) is 18.4. The first-order valence-corrected chi connectivity index (χ1v) is 11.9. The Morgan fingerprint density at radius 2 is 1.88 bits per heavy atom. The van der Waals surface area contributed by atoms with Crippen molar-refractivity contribution in [2.24, 2.45) is 0 Å². The van der Waals surface area contributed by atoms with E-state index in [1.807, 2.05) is 34.9 Å². The van der Waals surface area contributed by atoms with Gasteiger partial charge in [-0.05, 0) is 50.6 Å². The highest BCUT2D eigenvalue weighted by Crippen LogP contribution is 2.25. The molecule has 0 radical (unpaired) electrons. The number of piperidine rings is 1. The summed E-state index contributed by atoms with van der Waals surface area (Å²) in [4.78, 5) is 25.6. The number of benzene rings is 2. The van der Waals surface area contributed by atoms with Gasteiger partial charge in [0.05, 0.1) is 22.9 Å². The van der Waals surface area contributed by atoms with E-state index >= 15 is 0 Å². The van der Waals surface area contributed by atoms with Gasteiger partial charge in [0.2, 0.25) is 5.91 Å². The molecule has 1 N–H and O–H groups in total. The van der Waals surface area contributed by atoms with Crippen molar-refractivity contribution in [3.05, 3.63) is 70.0 Å². The second kappa shape index (κ2) is 10.6. The summed E-state index contributed by atoms with van der Waals surface area (Å²) in [6, 6.07) is 14.3. The maximum atomic E-state index is 12.6. The van der Waals surface area contributed by atoms with E-state index < -0.39 is 4.92 Å². The summed E-state index contributed by atoms with van der Waals surface area (Å²) >= 11 is 1.29. The van der Waals surface area contributed by atoms with Crippen molar-refractivity contribution >= 4 is 29.0 Å². The molecule has 0 aliphatic carbocycles. The lowest BCUT2D eigenvalue weighted by atomic mass is 10.1. The van der Waals surface area contributed by atoms with Crippen LogP contribution in [0.2, 0.25) is 0 Å². The molecule has 0 bridgehead atoms. The number of anilines is 1. The van der Waals surface area contributed by atoms with Crippen LogP contribution in [-0.2, 0) is 11.3 Å². The van der Waals surface area contributed by atoms with E-state index in [0.717, 1.165) is 30.2 Å². The molecular weight excluding hydrogens is 440 g/mol. The van der Waals surface area contributed by atoms with Crippen LogP contribution in [0.4, 0.5) is 11.4 Å². The molecule has 1 aromatic heterocycles. The molecule has 10 heteroatoms. The van der Waals surface area contributed by atoms with Crippen LogP contribution in [0, 0.1) is 17.0 Å². The fraction of sp³-hybridized carbons (Fsp3) is 0.348. The van der Waals surface area contributed by atoms with Gasteiger partial charge in [-0.1, -0.05) is 42.4 Å². The summed E-state index contributed by atoms with van der Waals surface area (Å²) in [5.74, 6) is 0.695. The van der Waals surface area contributed by atoms with Gasteiger partial charge in [-0.2, -0.15) is 0 Å². The zero-order valence-corrected chi connectivity index (χ0v) is 19.3. The Labute approximate surface area is 196 Å². The summed E-state index contributed by atoms with van der Waals surface area (Å²) in [7, 11) is 0. The number of thioether (sulfide) groups is 1. The fourth-order valence-corrected chi connectivity index (χ4v) is 4.60. The number of aryl methyl sites for hydroxylation is 1. The summed E-state index contributed by atoms with van der Waals surface area (Å²) in [5.41, 5.74) is 2.09. The number of carbonyl (C=O) groups excluding carboxylic acids is 1. The van der Waals surface area contributed by atoms with Gasteiger partial charge in [-0.3, -0.25) is 24.4 Å². The molecule has 3 aromatic rings. The Kier molecular flexibility index (Phi) is 7.36. The second-order valence-corrected chi connectivity index (χ2v) is 8.94. The molecule has 4 rings (SSSR count). The highest BCUT2D eigenvalue weighted by Gasteiger charge is 2.20. The van der Waals surface area contributed by atoms with Crippen molar-refractivity contribution in [3.63, 3.8) is 0 Å². The maximum absolute atomic E-state index is 12.6. The van der Waals surface area contributed by atoms with Gasteiger partial charge in [-0.25, -0.2) is 0 Å². The quantitative estimate of drug-likeness (QED) is 0.301. The number of aromatic nitrogens is 3. The first-order valence-electron chi connectivity index (χ1n) is 10.9. The van der Waals surface area contributed by atoms with Gasteiger partial charge in [-0.15, -0.1) is 10.2 Å². The van der Waals surface area contributed by atoms with E-state index in [9.17, 15) is 14.9 Å². The number of rotatable bonds is 8. The first kappa shape index (κ1) is 22.9. The van der Waals surface area contributed by atoms with Crippen molar-refractivity contribution in [2.75, 3.05) is 24.2 Å². The van der Waals surface area contributed by atoms with Gasteiger partial charge < -0.3 is 5.32 Å². The lowest BCUT2D eigenvalue weighted by Gasteiger charge is -2.26. The van der Waals surface area contributed by atoms with Gasteiger partial charge in [0.25, 0.3) is 5.69 Å². The van der Waals surface area contributed by atoms with Crippen molar-refractivity contribution in [1.29, 1.82) is 0 Å². The molecule has 1 amide bonds. The van der Waals surface area contributed by atoms with E-state index in [2.05, 4.69) is 20.4 Å². The molecule has 9 nitrogen and oxygen atoms in total. The lowest BCUT2D eigenvalue weighted by Crippen LogP contribution is -2.30. The van der Waals surface area contributed by atoms with Gasteiger partial charge in [0.1, 0.15) is 0 Å². The van der Waals surface area contributed by atoms with E-state index in [1.165, 1.54) is 43.2 Å². The monoisotopic (exact) mass is 466 g/mol. The van der Waals surface area contributed by atoms with Crippen molar-refractivity contribution in [2.45, 2.75) is 37.9 Å². The molecule has 0 saturated carbocycles. The first-order chi connectivity index (χ1) is 16.0. The number of nitro benzene ring substituents is 1. The third-order valence-electron chi connectivity index (χ3n) is 5.57. The number of carbonyl (C=O) groups is 1. The third kappa shape index (κ3) is 5.77. The Hall–Kier alpha value is -3.24. The van der Waals surface area contributed by atoms with Gasteiger partial charge in [0.15, 0.2) is 11.0 Å². The summed E-state index contributed by atoms with van der Waals surface area (Å²) in [6.45, 7) is 4.61. The molecular formula is C23H26N6O3S. The average molecular weight is 467 g/mol. The van der Waals surface area contributed by atoms with Crippen LogP contribution < -0.4 is 5.32 Å². The van der Waals surface area contributed by atoms with Crippen molar-refractivity contribution in [3.8, 4) is 5.69 Å². The second-order valence-electron chi connectivity index (χ2n) is 8.00. The van der Waals surface area contributed by atoms with Crippen LogP contribution in [0.5, 0.6) is 0 Å². The average Bonchev–Trinajstić information content (AvgIpc) is 3.22. The zero-order chi connectivity index (χ0) is 23.2. The van der Waals surface area contributed by atoms with E-state index in [1.54, 1.807) is 13.0 Å². The molecule has 2 heterocycles. The molecule has 1 fully saturated rings. The van der Waals surface area contributed by atoms with Crippen molar-refractivity contribution < 1.29 is 9.72 Å². The van der Waals surface area contributed by atoms with Gasteiger partial charge >= 0.3 is 0 Å². The largest absolute Gasteiger partial charge is 0.325 e. The summed E-state index contributed by atoms with van der Waals surface area (Å²) < 4.78 is 2.01. The molecule has 1 aliphatic heterocycles. The Morgan fingerprint density at radius 3 is 2.61 bits per heavy atom. The minimum atomic E-state index is -0.476. The molecule has 1 aliphatic rings. The van der Waals surface area contributed by atoms with E-state index in [4.69, 9.17) is 0 Å². The number of non-ortho nitro benzene ring substituents is 1. The molecule has 0 spiro atoms. The Morgan fingerprint density at radius 1 is 1.12 bits per heavy atom. The standard InChI is InChI=1S/C23H26N6O3S/c1-17-10-11-19(29(31)32)14-20(17)24-22(30)16-33-23-26-25-21(15-27-12-6-3-7-13-27)28(23)18-8-4-2-5-9-18/h2,4-5,8-11,14H,3,6-7,12-13,15-16H2,1H3,(H,24,30).